The number of carbonyl (C=O) groups excluding carboxylic acids is 1. The molecule has 7 heteroatoms. The van der Waals surface area contributed by atoms with Gasteiger partial charge in [-0.15, -0.1) is 0 Å². The number of aromatic nitrogens is 1. The van der Waals surface area contributed by atoms with Gasteiger partial charge in [0.25, 0.3) is 5.91 Å². The Kier molecular flexibility index (Phi) is 7.50. The summed E-state index contributed by atoms with van der Waals surface area (Å²) in [6, 6.07) is 18.3. The molecule has 0 aliphatic rings. The average Bonchev–Trinajstić information content (AvgIpc) is 3.25. The van der Waals surface area contributed by atoms with Crippen molar-refractivity contribution in [1.82, 2.24) is 10.3 Å². The van der Waals surface area contributed by atoms with Crippen LogP contribution >= 0.6 is 11.6 Å². The first-order valence-electron chi connectivity index (χ1n) is 10.0. The van der Waals surface area contributed by atoms with Gasteiger partial charge in [-0.2, -0.15) is 0 Å². The molecule has 0 bridgehead atoms. The predicted molar refractivity (Wildman–Crippen MR) is 120 cm³/mol. The molecule has 0 saturated carbocycles. The van der Waals surface area contributed by atoms with E-state index in [1.807, 2.05) is 55.5 Å². The number of nitrogens with one attached hydrogen (secondary N) is 2. The Hall–Kier alpha value is -3.09. The van der Waals surface area contributed by atoms with Gasteiger partial charge in [-0.1, -0.05) is 54.9 Å². The number of carbonyl (C=O) groups is 2. The average molecular weight is 441 g/mol. The van der Waals surface area contributed by atoms with Gasteiger partial charge in [0.2, 0.25) is 0 Å². The van der Waals surface area contributed by atoms with E-state index in [4.69, 9.17) is 16.7 Å². The van der Waals surface area contributed by atoms with Crippen LogP contribution in [-0.2, 0) is 6.42 Å². The number of rotatable bonds is 9. The number of hydrogen-bond donors (Lipinski definition) is 4. The maximum absolute atomic E-state index is 12.6. The number of aliphatic hydroxyl groups is 1. The Morgan fingerprint density at radius 1 is 1.03 bits per heavy atom. The molecular weight excluding hydrogens is 416 g/mol. The van der Waals surface area contributed by atoms with Gasteiger partial charge in [0, 0.05) is 17.7 Å². The van der Waals surface area contributed by atoms with Crippen molar-refractivity contribution < 1.29 is 19.8 Å². The summed E-state index contributed by atoms with van der Waals surface area (Å²) < 4.78 is 0. The summed E-state index contributed by atoms with van der Waals surface area (Å²) in [7, 11) is 0. The number of aromatic carboxylic acids is 1. The molecule has 0 fully saturated rings. The lowest BCUT2D eigenvalue weighted by molar-refractivity contribution is 0.0691. The van der Waals surface area contributed by atoms with Crippen molar-refractivity contribution in [2.45, 2.75) is 25.8 Å². The van der Waals surface area contributed by atoms with E-state index < -0.39 is 5.97 Å². The first-order valence-corrected chi connectivity index (χ1v) is 10.4. The lowest BCUT2D eigenvalue weighted by Gasteiger charge is -2.21. The zero-order valence-electron chi connectivity index (χ0n) is 17.1. The van der Waals surface area contributed by atoms with Crippen LogP contribution < -0.4 is 5.32 Å². The zero-order valence-corrected chi connectivity index (χ0v) is 17.9. The topological polar surface area (TPSA) is 102 Å². The number of carboxylic acids is 1. The maximum atomic E-state index is 12.6. The molecule has 0 saturated heterocycles. The van der Waals surface area contributed by atoms with Gasteiger partial charge >= 0.3 is 5.97 Å². The molecule has 0 radical (unpaired) electrons. The van der Waals surface area contributed by atoms with Crippen LogP contribution in [0.5, 0.6) is 0 Å². The number of aromatic amines is 1. The van der Waals surface area contributed by atoms with Crippen LogP contribution in [-0.4, -0.2) is 39.7 Å². The van der Waals surface area contributed by atoms with E-state index in [1.165, 1.54) is 12.1 Å². The summed E-state index contributed by atoms with van der Waals surface area (Å²) in [6.45, 7) is 1.93. The Labute approximate surface area is 185 Å². The Morgan fingerprint density at radius 2 is 1.74 bits per heavy atom. The van der Waals surface area contributed by atoms with Crippen molar-refractivity contribution in [2.24, 2.45) is 5.92 Å². The summed E-state index contributed by atoms with van der Waals surface area (Å²) in [5, 5.41) is 22.1. The monoisotopic (exact) mass is 440 g/mol. The summed E-state index contributed by atoms with van der Waals surface area (Å²) >= 11 is 6.08. The summed E-state index contributed by atoms with van der Waals surface area (Å²) in [6.07, 6.45) is 1.17. The fourth-order valence-electron chi connectivity index (χ4n) is 3.45. The SMILES string of the molecule is CC(CO)CC(Cc1ccc(-c2cccc(Cl)c2)cc1)NC(=O)c1ccc(C(=O)O)[nH]1. The highest BCUT2D eigenvalue weighted by Crippen LogP contribution is 2.23. The Morgan fingerprint density at radius 3 is 2.35 bits per heavy atom. The van der Waals surface area contributed by atoms with Crippen LogP contribution in [0.2, 0.25) is 5.02 Å². The molecule has 3 aromatic rings. The van der Waals surface area contributed by atoms with Gasteiger partial charge in [-0.05, 0) is 59.7 Å². The van der Waals surface area contributed by atoms with E-state index in [9.17, 15) is 14.7 Å². The molecular formula is C24H25ClN2O4. The second-order valence-corrected chi connectivity index (χ2v) is 8.13. The van der Waals surface area contributed by atoms with Crippen LogP contribution in [0.25, 0.3) is 11.1 Å². The first-order chi connectivity index (χ1) is 14.9. The number of hydrogen-bond acceptors (Lipinski definition) is 3. The number of H-pyrrole nitrogens is 1. The van der Waals surface area contributed by atoms with E-state index in [0.29, 0.717) is 17.9 Å². The van der Waals surface area contributed by atoms with Gasteiger partial charge in [0.15, 0.2) is 0 Å². The molecule has 0 aliphatic heterocycles. The molecule has 1 aromatic heterocycles. The van der Waals surface area contributed by atoms with Crippen molar-refractivity contribution in [1.29, 1.82) is 0 Å². The van der Waals surface area contributed by atoms with E-state index in [-0.39, 0.29) is 35.9 Å². The number of carboxylic acid groups (broad SMARTS) is 1. The van der Waals surface area contributed by atoms with Crippen LogP contribution in [0.4, 0.5) is 0 Å². The Balaban J connectivity index is 1.72. The number of halogens is 1. The third kappa shape index (κ3) is 6.20. The van der Waals surface area contributed by atoms with Crippen LogP contribution in [0.1, 0.15) is 39.9 Å². The minimum Gasteiger partial charge on any atom is -0.477 e. The van der Waals surface area contributed by atoms with Gasteiger partial charge in [0.05, 0.1) is 0 Å². The highest BCUT2D eigenvalue weighted by atomic mass is 35.5. The normalized spacial score (nSPS) is 12.9. The van der Waals surface area contributed by atoms with E-state index in [1.54, 1.807) is 0 Å². The summed E-state index contributed by atoms with van der Waals surface area (Å²) in [5.74, 6) is -1.49. The standard InChI is InChI=1S/C24H25ClN2O4/c1-15(14-28)11-20(26-23(29)21-9-10-22(27-21)24(30)31)12-16-5-7-17(8-6-16)18-3-2-4-19(25)13-18/h2-10,13,15,20,27-28H,11-12,14H2,1H3,(H,26,29)(H,30,31). The predicted octanol–water partition coefficient (Wildman–Crippen LogP) is 4.39. The maximum Gasteiger partial charge on any atom is 0.352 e. The van der Waals surface area contributed by atoms with E-state index >= 15 is 0 Å². The lowest BCUT2D eigenvalue weighted by Crippen LogP contribution is -2.38. The molecule has 0 spiro atoms. The van der Waals surface area contributed by atoms with Gasteiger partial charge < -0.3 is 20.5 Å². The highest BCUT2D eigenvalue weighted by molar-refractivity contribution is 6.30. The lowest BCUT2D eigenvalue weighted by atomic mass is 9.95. The van der Waals surface area contributed by atoms with Crippen LogP contribution in [0.3, 0.4) is 0 Å². The highest BCUT2D eigenvalue weighted by Gasteiger charge is 2.19. The summed E-state index contributed by atoms with van der Waals surface area (Å²) in [4.78, 5) is 26.3. The number of aliphatic hydroxyl groups excluding tert-OH is 1. The second-order valence-electron chi connectivity index (χ2n) is 7.70. The van der Waals surface area contributed by atoms with Crippen LogP contribution in [0, 0.1) is 5.92 Å². The van der Waals surface area contributed by atoms with Crippen molar-refractivity contribution in [3.63, 3.8) is 0 Å². The van der Waals surface area contributed by atoms with Crippen LogP contribution in [0.15, 0.2) is 60.7 Å². The third-order valence-corrected chi connectivity index (χ3v) is 5.32. The molecule has 2 aromatic carbocycles. The molecule has 31 heavy (non-hydrogen) atoms. The van der Waals surface area contributed by atoms with E-state index in [0.717, 1.165) is 16.7 Å². The molecule has 2 atom stereocenters. The number of amides is 1. The molecule has 4 N–H and O–H groups in total. The minimum absolute atomic E-state index is 0.00857. The zero-order chi connectivity index (χ0) is 22.4. The smallest absolute Gasteiger partial charge is 0.352 e. The minimum atomic E-state index is -1.12. The van der Waals surface area contributed by atoms with Crippen molar-refractivity contribution >= 4 is 23.5 Å². The van der Waals surface area contributed by atoms with Gasteiger partial charge in [0.1, 0.15) is 11.4 Å². The molecule has 3 rings (SSSR count). The molecule has 0 aliphatic carbocycles. The molecule has 2 unspecified atom stereocenters. The van der Waals surface area contributed by atoms with Gasteiger partial charge in [-0.3, -0.25) is 4.79 Å². The first kappa shape index (κ1) is 22.6. The number of benzene rings is 2. The van der Waals surface area contributed by atoms with Crippen molar-refractivity contribution in [3.8, 4) is 11.1 Å². The molecule has 162 valence electrons. The fourth-order valence-corrected chi connectivity index (χ4v) is 3.65. The fraction of sp³-hybridized carbons (Fsp3) is 0.250. The molecule has 1 heterocycles. The second kappa shape index (κ2) is 10.3. The molecule has 1 amide bonds. The summed E-state index contributed by atoms with van der Waals surface area (Å²) in [5.41, 5.74) is 3.26. The third-order valence-electron chi connectivity index (χ3n) is 5.09. The molecule has 6 nitrogen and oxygen atoms in total. The van der Waals surface area contributed by atoms with Crippen molar-refractivity contribution in [3.05, 3.63) is 82.6 Å². The van der Waals surface area contributed by atoms with Crippen molar-refractivity contribution in [2.75, 3.05) is 6.61 Å². The van der Waals surface area contributed by atoms with E-state index in [2.05, 4.69) is 10.3 Å². The van der Waals surface area contributed by atoms with Gasteiger partial charge in [-0.25, -0.2) is 4.79 Å². The Bertz CT molecular complexity index is 1050. The quantitative estimate of drug-likeness (QED) is 0.396. The largest absolute Gasteiger partial charge is 0.477 e.